The Morgan fingerprint density at radius 2 is 0.600 bits per heavy atom. The van der Waals surface area contributed by atoms with Crippen molar-refractivity contribution in [2.75, 3.05) is 252 Å². The van der Waals surface area contributed by atoms with Crippen LogP contribution in [0.15, 0.2) is 24.3 Å². The summed E-state index contributed by atoms with van der Waals surface area (Å²) in [5.41, 5.74) is -6.38. The molecule has 1 aromatic carbocycles. The van der Waals surface area contributed by atoms with E-state index in [4.69, 9.17) is 116 Å². The zero-order valence-electron chi connectivity index (χ0n) is 84.6. The summed E-state index contributed by atoms with van der Waals surface area (Å²) in [6.45, 7) is 67.8. The summed E-state index contributed by atoms with van der Waals surface area (Å²) >= 11 is 0. The fourth-order valence-electron chi connectivity index (χ4n) is 10.2. The summed E-state index contributed by atoms with van der Waals surface area (Å²) < 4.78 is 199. The largest absolute Gasteiger partial charge is 1.00 e. The molecule has 0 saturated carbocycles. The molecule has 0 saturated heterocycles. The number of amides is 1. The first-order valence-electron chi connectivity index (χ1n) is 45.2. The van der Waals surface area contributed by atoms with Crippen molar-refractivity contribution in [3.63, 3.8) is 0 Å². The monoisotopic (exact) mass is 1990 g/mol. The van der Waals surface area contributed by atoms with E-state index in [1.165, 1.54) is 12.1 Å². The van der Waals surface area contributed by atoms with E-state index >= 15 is 0 Å². The third-order valence-electron chi connectivity index (χ3n) is 18.9. The van der Waals surface area contributed by atoms with Crippen molar-refractivity contribution < 1.29 is 191 Å². The Morgan fingerprint density at radius 3 is 0.846 bits per heavy atom. The van der Waals surface area contributed by atoms with Crippen LogP contribution in [-0.2, 0) is 151 Å². The maximum atomic E-state index is 12.1. The van der Waals surface area contributed by atoms with Crippen molar-refractivity contribution in [1.29, 1.82) is 0 Å². The molecule has 1 unspecified atom stereocenters. The van der Waals surface area contributed by atoms with E-state index < -0.39 is 80.0 Å². The second-order valence-electron chi connectivity index (χ2n) is 35.1. The molecule has 0 radical (unpaired) electrons. The standard InChI is InChI=1S/C31H60O13.C23H46O10.C20H50O6Si5.C13H16F3NO3S.Na/c1-6-28(3)29(32)43-26-24-41-22-20-39-18-16-37-14-12-35-10-8-34-9-11-36-13-15-38-17-19-40-21-23-42-25-27-44-30(33)31(4,5)7-2;1-5-23(2,3)22(24)33-21-20-32-19-18-31-17-16-30-15-14-29-13-12-28-11-10-27-9-8-26-7-6-25-4;1-15-20(2,3)19(21)22-17-16-18-28(7,8)24-30(11,12)26-31(13,14)25-29(9,10)23-27(4,5)6;1-4-12(2,3)10-7-5-9(6-8-10)11(18)17-21(19,20)13(14,15)16;/h28H,6-27H2,1-5H3;5-21H2,1-4H3;15-18H2,1-14H3;5-8H,4H2,1-3H3,(H,17,18);/q;;;;+1/p-1. The van der Waals surface area contributed by atoms with Gasteiger partial charge in [-0.15, -0.1) is 0 Å². The molecule has 0 heterocycles. The first-order chi connectivity index (χ1) is 60.3. The molecule has 764 valence electrons. The smallest absolute Gasteiger partial charge is 0.534 e. The third kappa shape index (κ3) is 76.5. The van der Waals surface area contributed by atoms with Crippen molar-refractivity contribution in [2.24, 2.45) is 22.2 Å². The van der Waals surface area contributed by atoms with Crippen molar-refractivity contribution >= 4 is 82.1 Å². The van der Waals surface area contributed by atoms with Crippen LogP contribution in [0, 0.1) is 22.2 Å². The molecular weight excluding hydrogens is 1820 g/mol. The fraction of sp³-hybridized carbons (Fsp3) is 0.874. The number of sulfonamides is 1. The molecule has 0 bridgehead atoms. The van der Waals surface area contributed by atoms with Crippen LogP contribution < -0.4 is 29.6 Å². The average Bonchev–Trinajstić information content (AvgIpc) is 0.819. The Hall–Kier alpha value is -2.45. The topological polar surface area (TPSA) is 364 Å². The summed E-state index contributed by atoms with van der Waals surface area (Å²) in [5.74, 6) is -2.22. The minimum atomic E-state index is -5.81. The zero-order valence-corrected chi connectivity index (χ0v) is 92.4. The maximum absolute atomic E-state index is 12.1. The van der Waals surface area contributed by atoms with Gasteiger partial charge >= 0.3 is 84.6 Å². The van der Waals surface area contributed by atoms with Gasteiger partial charge in [0.1, 0.15) is 19.8 Å². The van der Waals surface area contributed by atoms with Gasteiger partial charge in [-0.05, 0) is 175 Å². The van der Waals surface area contributed by atoms with Gasteiger partial charge in [-0.1, -0.05) is 79.7 Å². The second kappa shape index (κ2) is 76.4. The van der Waals surface area contributed by atoms with Crippen molar-refractivity contribution in [1.82, 2.24) is 0 Å². The van der Waals surface area contributed by atoms with Crippen LogP contribution >= 0.6 is 0 Å². The van der Waals surface area contributed by atoms with E-state index in [0.29, 0.717) is 225 Å². The SMILES string of the molecule is CCC(C)(C)C(=O)OCCC[Si](C)(C)O[Si](C)(C)O[Si](C)(C)O[Si](C)(C)O[Si](C)(C)C.CCC(C)(C)C(=O)OCCOCCOCCOCCOCCOCCOCCOCCOC.CCC(C)(C)c1ccc(C(=O)[N-]S(=O)(=O)C(F)(F)F)cc1.CCC(C)C(=O)OCCOCCOCCOCCOCCOCCOCCOCCOCCOCCOC(=O)C(C)(C)CC.[Na+]. The molecule has 0 spiro atoms. The van der Waals surface area contributed by atoms with Gasteiger partial charge in [0.15, 0.2) is 26.7 Å². The number of carbonyl (C=O) groups is 5. The summed E-state index contributed by atoms with van der Waals surface area (Å²) in [6.07, 6.45) is 4.66. The van der Waals surface area contributed by atoms with Gasteiger partial charge in [-0.3, -0.25) is 19.2 Å². The van der Waals surface area contributed by atoms with Gasteiger partial charge in [0, 0.05) is 7.11 Å². The number of methoxy groups -OCH3 is 1. The van der Waals surface area contributed by atoms with Gasteiger partial charge in [-0.25, -0.2) is 8.42 Å². The fourth-order valence-corrected chi connectivity index (χ4v) is 34.3. The molecule has 0 fully saturated rings. The average molecular weight is 2000 g/mol. The molecule has 1 rings (SSSR count). The minimum Gasteiger partial charge on any atom is -0.534 e. The van der Waals surface area contributed by atoms with E-state index in [2.05, 4.69) is 76.7 Å². The normalized spacial score (nSPS) is 12.8. The zero-order chi connectivity index (χ0) is 98.4. The van der Waals surface area contributed by atoms with Crippen LogP contribution in [0.25, 0.3) is 4.72 Å². The molecule has 0 aliphatic carbocycles. The van der Waals surface area contributed by atoms with E-state index in [-0.39, 0.29) is 90.2 Å². The predicted molar refractivity (Wildman–Crippen MR) is 500 cm³/mol. The molecule has 0 aliphatic heterocycles. The Morgan fingerprint density at radius 1 is 0.354 bits per heavy atom. The number of hydrogen-bond acceptors (Lipinski definition) is 32. The van der Waals surface area contributed by atoms with Crippen LogP contribution in [0.5, 0.6) is 0 Å². The minimum absolute atomic E-state index is 0. The predicted octanol–water partition coefficient (Wildman–Crippen LogP) is 11.7. The van der Waals surface area contributed by atoms with Gasteiger partial charge in [-0.2, -0.15) is 13.2 Å². The number of nitrogens with zero attached hydrogens (tertiary/aromatic N) is 1. The molecule has 1 amide bonds. The van der Waals surface area contributed by atoms with Crippen LogP contribution in [0.4, 0.5) is 13.2 Å². The number of rotatable bonds is 78. The third-order valence-corrected chi connectivity index (χ3v) is 37.9. The quantitative estimate of drug-likeness (QED) is 0.0253. The number of halogens is 3. The maximum Gasteiger partial charge on any atom is 1.00 e. The molecule has 1 aromatic rings. The summed E-state index contributed by atoms with van der Waals surface area (Å²) in [6, 6.07) is 6.61. The number of alkyl halides is 3. The van der Waals surface area contributed by atoms with E-state index in [1.54, 1.807) is 19.2 Å². The van der Waals surface area contributed by atoms with Crippen LogP contribution in [0.3, 0.4) is 0 Å². The van der Waals surface area contributed by atoms with Gasteiger partial charge < -0.3 is 125 Å². The Labute approximate surface area is 806 Å². The van der Waals surface area contributed by atoms with Gasteiger partial charge in [0.2, 0.25) is 0 Å². The van der Waals surface area contributed by atoms with Gasteiger partial charge in [0.25, 0.3) is 0 Å². The molecule has 33 nitrogen and oxygen atoms in total. The molecule has 43 heteroatoms. The van der Waals surface area contributed by atoms with Crippen molar-refractivity contribution in [3.05, 3.63) is 40.1 Å². The molecule has 0 N–H and O–H groups in total. The van der Waals surface area contributed by atoms with Crippen LogP contribution in [0.2, 0.25) is 78.1 Å². The van der Waals surface area contributed by atoms with Crippen LogP contribution in [0.1, 0.15) is 151 Å². The number of esters is 4. The molecule has 0 aromatic heterocycles. The summed E-state index contributed by atoms with van der Waals surface area (Å²) in [5, 5.41) is 0. The molecular formula is C87H171F3NNaO32SSi5. The number of ether oxygens (including phenoxy) is 21. The number of carbonyl (C=O) groups excluding carboxylic acids is 5. The van der Waals surface area contributed by atoms with E-state index in [1.807, 2.05) is 96.9 Å². The Kier molecular flexibility index (Phi) is 78.7. The van der Waals surface area contributed by atoms with Crippen LogP contribution in [-0.4, -0.2) is 338 Å². The summed E-state index contributed by atoms with van der Waals surface area (Å²) in [4.78, 5) is 58.7. The van der Waals surface area contributed by atoms with E-state index in [9.17, 15) is 45.6 Å². The van der Waals surface area contributed by atoms with Gasteiger partial charge in [0.05, 0.1) is 253 Å². The Bertz CT molecular complexity index is 3100. The van der Waals surface area contributed by atoms with Crippen molar-refractivity contribution in [3.8, 4) is 0 Å². The molecule has 0 aliphatic rings. The first-order valence-corrected chi connectivity index (χ1v) is 61.6. The molecule has 1 atom stereocenters. The number of hydrogen-bond donors (Lipinski definition) is 0. The van der Waals surface area contributed by atoms with Crippen molar-refractivity contribution in [2.45, 2.75) is 224 Å². The summed E-state index contributed by atoms with van der Waals surface area (Å²) in [7, 11) is -14.9. The molecule has 130 heavy (non-hydrogen) atoms. The van der Waals surface area contributed by atoms with E-state index in [0.717, 1.165) is 50.1 Å². The Balaban J connectivity index is -0.000000835. The second-order valence-corrected chi connectivity index (χ2v) is 56.6. The number of benzene rings is 1. The first kappa shape index (κ1) is 134.